The van der Waals surface area contributed by atoms with Crippen molar-refractivity contribution in [2.45, 2.75) is 114 Å². The van der Waals surface area contributed by atoms with Crippen LogP contribution in [0.4, 0.5) is 23.8 Å². The lowest BCUT2D eigenvalue weighted by Crippen LogP contribution is -2.27. The zero-order valence-corrected chi connectivity index (χ0v) is 27.5. The lowest BCUT2D eigenvalue weighted by molar-refractivity contribution is 0.460. The van der Waals surface area contributed by atoms with Crippen molar-refractivity contribution >= 4 is 65.0 Å². The molecular formula is C26H44N10S4. The zero-order valence-electron chi connectivity index (χ0n) is 24.3. The first-order valence-corrected chi connectivity index (χ1v) is 19.7. The van der Waals surface area contributed by atoms with Gasteiger partial charge >= 0.3 is 0 Å². The maximum atomic E-state index is 4.78. The van der Waals surface area contributed by atoms with E-state index in [4.69, 9.17) is 29.9 Å². The van der Waals surface area contributed by atoms with Gasteiger partial charge in [0.15, 0.2) is 0 Å². The number of rotatable bonds is 15. The highest BCUT2D eigenvalue weighted by Gasteiger charge is 2.19. The van der Waals surface area contributed by atoms with Crippen molar-refractivity contribution in [3.05, 3.63) is 0 Å². The summed E-state index contributed by atoms with van der Waals surface area (Å²) in [6.45, 7) is 12.0. The fourth-order valence-electron chi connectivity index (χ4n) is 5.14. The number of nitrogens with one attached hydrogen (secondary N) is 2. The van der Waals surface area contributed by atoms with Gasteiger partial charge in [-0.05, 0) is 94.6 Å². The highest BCUT2D eigenvalue weighted by molar-refractivity contribution is 9.26. The quantitative estimate of drug-likeness (QED) is 0.152. The molecule has 0 bridgehead atoms. The number of anilines is 4. The van der Waals surface area contributed by atoms with Crippen molar-refractivity contribution in [1.29, 1.82) is 0 Å². The summed E-state index contributed by atoms with van der Waals surface area (Å²) in [5.41, 5.74) is 0. The SMILES string of the molecule is CCN(CC)c1nc(NC2CCCCC2)nc(SSSSc2nc(NC3CCCCC3)nc(N(CC)CC)n2)n1. The highest BCUT2D eigenvalue weighted by atomic mass is 33.7. The molecule has 2 heterocycles. The maximum Gasteiger partial charge on any atom is 0.231 e. The molecule has 0 spiro atoms. The van der Waals surface area contributed by atoms with E-state index >= 15 is 0 Å². The molecule has 2 aromatic rings. The Labute approximate surface area is 254 Å². The van der Waals surface area contributed by atoms with Gasteiger partial charge in [0.1, 0.15) is 0 Å². The molecule has 14 heteroatoms. The van der Waals surface area contributed by atoms with Crippen molar-refractivity contribution in [3.8, 4) is 0 Å². The normalized spacial score (nSPS) is 16.6. The summed E-state index contributed by atoms with van der Waals surface area (Å²) in [7, 11) is 6.35. The summed E-state index contributed by atoms with van der Waals surface area (Å²) >= 11 is 0. The summed E-state index contributed by atoms with van der Waals surface area (Å²) in [4.78, 5) is 33.0. The Kier molecular flexibility index (Phi) is 13.3. The molecule has 0 aliphatic heterocycles. The van der Waals surface area contributed by atoms with Crippen LogP contribution in [0.1, 0.15) is 91.9 Å². The number of nitrogens with zero attached hydrogens (tertiary/aromatic N) is 8. The van der Waals surface area contributed by atoms with Crippen LogP contribution in [0.3, 0.4) is 0 Å². The molecule has 0 unspecified atom stereocenters. The number of hydrogen-bond donors (Lipinski definition) is 2. The second kappa shape index (κ2) is 16.9. The molecule has 0 atom stereocenters. The largest absolute Gasteiger partial charge is 0.351 e. The van der Waals surface area contributed by atoms with Gasteiger partial charge in [-0.2, -0.15) is 29.9 Å². The zero-order chi connectivity index (χ0) is 28.2. The van der Waals surface area contributed by atoms with Crippen LogP contribution in [0.25, 0.3) is 0 Å². The van der Waals surface area contributed by atoms with Gasteiger partial charge in [-0.1, -0.05) is 38.5 Å². The topological polar surface area (TPSA) is 108 Å². The Bertz CT molecular complexity index is 947. The minimum absolute atomic E-state index is 0.441. The van der Waals surface area contributed by atoms with Crippen molar-refractivity contribution in [3.63, 3.8) is 0 Å². The van der Waals surface area contributed by atoms with Crippen molar-refractivity contribution in [1.82, 2.24) is 29.9 Å². The lowest BCUT2D eigenvalue weighted by atomic mass is 9.96. The van der Waals surface area contributed by atoms with E-state index in [1.165, 1.54) is 64.2 Å². The van der Waals surface area contributed by atoms with Gasteiger partial charge < -0.3 is 20.4 Å². The molecule has 0 saturated heterocycles. The van der Waals surface area contributed by atoms with Gasteiger partial charge in [0.2, 0.25) is 34.1 Å². The minimum atomic E-state index is 0.441. The van der Waals surface area contributed by atoms with Crippen molar-refractivity contribution < 1.29 is 0 Å². The van der Waals surface area contributed by atoms with E-state index in [1.807, 2.05) is 0 Å². The van der Waals surface area contributed by atoms with Crippen LogP contribution in [0.5, 0.6) is 0 Å². The third-order valence-electron chi connectivity index (χ3n) is 7.42. The van der Waals surface area contributed by atoms with Crippen LogP contribution in [-0.2, 0) is 0 Å². The molecule has 10 nitrogen and oxygen atoms in total. The van der Waals surface area contributed by atoms with Crippen LogP contribution in [-0.4, -0.2) is 68.2 Å². The van der Waals surface area contributed by atoms with Gasteiger partial charge in [0.05, 0.1) is 0 Å². The molecule has 0 radical (unpaired) electrons. The molecule has 0 aromatic carbocycles. The number of hydrogen-bond acceptors (Lipinski definition) is 14. The van der Waals surface area contributed by atoms with Gasteiger partial charge in [-0.15, -0.1) is 0 Å². The van der Waals surface area contributed by atoms with Crippen molar-refractivity contribution in [2.24, 2.45) is 0 Å². The second-order valence-electron chi connectivity index (χ2n) is 10.1. The third kappa shape index (κ3) is 9.59. The Morgan fingerprint density at radius 3 is 1.27 bits per heavy atom. The smallest absolute Gasteiger partial charge is 0.231 e. The summed E-state index contributed by atoms with van der Waals surface area (Å²) in [6, 6.07) is 0.882. The fourth-order valence-corrected chi connectivity index (χ4v) is 9.88. The highest BCUT2D eigenvalue weighted by Crippen LogP contribution is 2.48. The summed E-state index contributed by atoms with van der Waals surface area (Å²) in [5, 5.41) is 8.60. The van der Waals surface area contributed by atoms with Gasteiger partial charge in [0.25, 0.3) is 0 Å². The fraction of sp³-hybridized carbons (Fsp3) is 0.769. The van der Waals surface area contributed by atoms with E-state index in [0.29, 0.717) is 34.3 Å². The molecule has 2 saturated carbocycles. The predicted molar refractivity (Wildman–Crippen MR) is 175 cm³/mol. The Morgan fingerprint density at radius 1 is 0.550 bits per heavy atom. The van der Waals surface area contributed by atoms with Crippen LogP contribution in [0.2, 0.25) is 0 Å². The number of aromatic nitrogens is 6. The molecule has 2 aliphatic carbocycles. The van der Waals surface area contributed by atoms with Crippen LogP contribution in [0.15, 0.2) is 10.3 Å². The van der Waals surface area contributed by atoms with Gasteiger partial charge in [-0.25, -0.2) is 0 Å². The first-order chi connectivity index (χ1) is 19.6. The Hall–Kier alpha value is -1.38. The third-order valence-corrected chi connectivity index (χ3v) is 13.0. The molecule has 2 aliphatic rings. The summed E-state index contributed by atoms with van der Waals surface area (Å²) in [6.07, 6.45) is 12.4. The monoisotopic (exact) mass is 624 g/mol. The average Bonchev–Trinajstić information content (AvgIpc) is 2.98. The van der Waals surface area contributed by atoms with Crippen LogP contribution >= 0.6 is 41.2 Å². The van der Waals surface area contributed by atoms with Crippen molar-refractivity contribution in [2.75, 3.05) is 46.6 Å². The Balaban J connectivity index is 1.41. The standard InChI is InChI=1S/C26H44N10S4/c1-5-35(6-2)23-29-21(27-19-15-11-9-12-16-19)31-25(33-23)37-39-40-38-26-32-22(28-20-17-13-10-14-18-20)30-24(34-26)36(7-3)8-4/h19-20H,5-18H2,1-4H3,(H,27,29,31,33)(H,28,30,32,34). The van der Waals surface area contributed by atoms with E-state index in [2.05, 4.69) is 48.1 Å². The maximum absolute atomic E-state index is 4.78. The van der Waals surface area contributed by atoms with E-state index in [1.54, 1.807) is 41.2 Å². The summed E-state index contributed by atoms with van der Waals surface area (Å²) in [5.74, 6) is 2.84. The minimum Gasteiger partial charge on any atom is -0.351 e. The van der Waals surface area contributed by atoms with Crippen LogP contribution in [0, 0.1) is 0 Å². The van der Waals surface area contributed by atoms with Gasteiger partial charge in [-0.3, -0.25) is 0 Å². The molecule has 4 rings (SSSR count). The molecule has 2 N–H and O–H groups in total. The summed E-state index contributed by atoms with van der Waals surface area (Å²) < 4.78 is 0. The second-order valence-corrected chi connectivity index (χ2v) is 15.7. The van der Waals surface area contributed by atoms with E-state index < -0.39 is 0 Å². The lowest BCUT2D eigenvalue weighted by Gasteiger charge is -2.24. The van der Waals surface area contributed by atoms with E-state index in [9.17, 15) is 0 Å². The average molecular weight is 625 g/mol. The molecule has 0 amide bonds. The molecule has 2 fully saturated rings. The van der Waals surface area contributed by atoms with Gasteiger partial charge in [0, 0.05) is 38.3 Å². The van der Waals surface area contributed by atoms with E-state index in [0.717, 1.165) is 38.1 Å². The molecule has 222 valence electrons. The Morgan fingerprint density at radius 2 is 0.925 bits per heavy atom. The van der Waals surface area contributed by atoms with Crippen LogP contribution < -0.4 is 20.4 Å². The molecular weight excluding hydrogens is 581 g/mol. The first kappa shape index (κ1) is 31.6. The first-order valence-electron chi connectivity index (χ1n) is 14.8. The molecule has 40 heavy (non-hydrogen) atoms. The molecule has 2 aromatic heterocycles. The predicted octanol–water partition coefficient (Wildman–Crippen LogP) is 7.33. The van der Waals surface area contributed by atoms with E-state index in [-0.39, 0.29) is 0 Å².